The second kappa shape index (κ2) is 6.58. The largest absolute Gasteiger partial charge is 0.312 e. The molecule has 1 aliphatic carbocycles. The van der Waals surface area contributed by atoms with Crippen molar-refractivity contribution in [3.63, 3.8) is 0 Å². The first kappa shape index (κ1) is 14.5. The van der Waals surface area contributed by atoms with Gasteiger partial charge in [-0.25, -0.2) is 4.68 Å². The average molecular weight is 303 g/mol. The number of nitrogens with one attached hydrogen (secondary N) is 1. The van der Waals surface area contributed by atoms with Gasteiger partial charge >= 0.3 is 0 Å². The minimum atomic E-state index is 0.508. The fourth-order valence-corrected chi connectivity index (χ4v) is 3.12. The number of hydrogen-bond acceptors (Lipinski definition) is 5. The molecule has 1 aromatic carbocycles. The summed E-state index contributed by atoms with van der Waals surface area (Å²) in [6, 6.07) is 8.97. The molecule has 0 amide bonds. The lowest BCUT2D eigenvalue weighted by Crippen LogP contribution is -2.19. The van der Waals surface area contributed by atoms with E-state index in [9.17, 15) is 0 Å². The highest BCUT2D eigenvalue weighted by Gasteiger charge is 2.28. The maximum atomic E-state index is 4.17. The Labute approximate surface area is 129 Å². The predicted octanol–water partition coefficient (Wildman–Crippen LogP) is 2.90. The van der Waals surface area contributed by atoms with Crippen LogP contribution in [-0.4, -0.2) is 26.8 Å². The Bertz CT molecular complexity index is 591. The lowest BCUT2D eigenvalue weighted by atomic mass is 10.2. The van der Waals surface area contributed by atoms with Gasteiger partial charge in [-0.2, -0.15) is 0 Å². The molecule has 1 N–H and O–H groups in total. The van der Waals surface area contributed by atoms with E-state index in [-0.39, 0.29) is 0 Å². The van der Waals surface area contributed by atoms with E-state index < -0.39 is 0 Å². The van der Waals surface area contributed by atoms with Crippen LogP contribution < -0.4 is 5.32 Å². The van der Waals surface area contributed by atoms with Crippen LogP contribution in [-0.2, 0) is 6.54 Å². The summed E-state index contributed by atoms with van der Waals surface area (Å²) in [4.78, 5) is 1.23. The molecule has 1 saturated carbocycles. The molecule has 1 fully saturated rings. The van der Waals surface area contributed by atoms with Crippen LogP contribution >= 0.6 is 11.8 Å². The van der Waals surface area contributed by atoms with Gasteiger partial charge < -0.3 is 5.32 Å². The summed E-state index contributed by atoms with van der Waals surface area (Å²) in [7, 11) is 0. The van der Waals surface area contributed by atoms with Gasteiger partial charge in [0.15, 0.2) is 0 Å². The Kier molecular flexibility index (Phi) is 4.55. The Morgan fingerprint density at radius 2 is 2.14 bits per heavy atom. The van der Waals surface area contributed by atoms with Crippen molar-refractivity contribution in [2.24, 2.45) is 5.92 Å². The molecule has 0 spiro atoms. The van der Waals surface area contributed by atoms with E-state index in [2.05, 4.69) is 59.0 Å². The van der Waals surface area contributed by atoms with E-state index in [0.29, 0.717) is 12.0 Å². The third-order valence-electron chi connectivity index (χ3n) is 3.40. The average Bonchev–Trinajstić information content (AvgIpc) is 3.21. The van der Waals surface area contributed by atoms with Crippen molar-refractivity contribution in [2.45, 2.75) is 49.3 Å². The van der Waals surface area contributed by atoms with E-state index in [4.69, 9.17) is 0 Å². The molecule has 0 unspecified atom stereocenters. The number of benzene rings is 1. The maximum absolute atomic E-state index is 4.17. The van der Waals surface area contributed by atoms with Crippen molar-refractivity contribution in [1.29, 1.82) is 0 Å². The zero-order valence-corrected chi connectivity index (χ0v) is 13.3. The van der Waals surface area contributed by atoms with E-state index in [1.54, 1.807) is 11.8 Å². The summed E-state index contributed by atoms with van der Waals surface area (Å²) >= 11 is 1.66. The van der Waals surface area contributed by atoms with E-state index in [0.717, 1.165) is 18.2 Å². The highest BCUT2D eigenvalue weighted by Crippen LogP contribution is 2.38. The van der Waals surface area contributed by atoms with Gasteiger partial charge in [-0.3, -0.25) is 0 Å². The van der Waals surface area contributed by atoms with Crippen LogP contribution in [0.15, 0.2) is 34.3 Å². The summed E-state index contributed by atoms with van der Waals surface area (Å²) in [5.41, 5.74) is 1.30. The molecule has 3 rings (SSSR count). The lowest BCUT2D eigenvalue weighted by molar-refractivity contribution is 0.549. The fraction of sp³-hybridized carbons (Fsp3) is 0.533. The predicted molar refractivity (Wildman–Crippen MR) is 83.2 cm³/mol. The van der Waals surface area contributed by atoms with Crippen molar-refractivity contribution < 1.29 is 0 Å². The summed E-state index contributed by atoms with van der Waals surface area (Å²) < 4.78 is 1.96. The molecule has 5 nitrogen and oxygen atoms in total. The second-order valence-electron chi connectivity index (χ2n) is 5.87. The monoisotopic (exact) mass is 303 g/mol. The highest BCUT2D eigenvalue weighted by molar-refractivity contribution is 7.99. The van der Waals surface area contributed by atoms with E-state index in [1.807, 2.05) is 4.68 Å². The molecule has 2 aromatic rings. The molecule has 1 heterocycles. The summed E-state index contributed by atoms with van der Waals surface area (Å²) in [6.07, 6.45) is 2.38. The van der Waals surface area contributed by atoms with Gasteiger partial charge in [-0.15, -0.1) is 5.10 Å². The first-order chi connectivity index (χ1) is 10.2. The number of hydrogen-bond donors (Lipinski definition) is 1. The van der Waals surface area contributed by atoms with Crippen LogP contribution in [0.1, 0.15) is 38.3 Å². The van der Waals surface area contributed by atoms with E-state index in [1.165, 1.54) is 23.3 Å². The van der Waals surface area contributed by atoms with Crippen LogP contribution in [0.25, 0.3) is 0 Å². The summed E-state index contributed by atoms with van der Waals surface area (Å²) in [5.74, 6) is 0.659. The van der Waals surface area contributed by atoms with Crippen molar-refractivity contribution in [2.75, 3.05) is 6.54 Å². The van der Waals surface area contributed by atoms with E-state index >= 15 is 0 Å². The Balaban J connectivity index is 1.71. The number of rotatable bonds is 7. The first-order valence-corrected chi connectivity index (χ1v) is 8.30. The maximum Gasteiger partial charge on any atom is 0.214 e. The van der Waals surface area contributed by atoms with Crippen molar-refractivity contribution in [3.8, 4) is 0 Å². The third kappa shape index (κ3) is 3.83. The molecular formula is C15H21N5S. The fourth-order valence-electron chi connectivity index (χ4n) is 2.14. The normalized spacial score (nSPS) is 14.8. The lowest BCUT2D eigenvalue weighted by Gasteiger charge is -2.11. The topological polar surface area (TPSA) is 55.6 Å². The zero-order chi connectivity index (χ0) is 14.7. The van der Waals surface area contributed by atoms with Gasteiger partial charge in [-0.1, -0.05) is 32.0 Å². The second-order valence-corrected chi connectivity index (χ2v) is 6.88. The molecule has 21 heavy (non-hydrogen) atoms. The van der Waals surface area contributed by atoms with Crippen molar-refractivity contribution in [3.05, 3.63) is 29.8 Å². The van der Waals surface area contributed by atoms with Crippen LogP contribution in [0, 0.1) is 5.92 Å². The van der Waals surface area contributed by atoms with Crippen LogP contribution in [0.5, 0.6) is 0 Å². The number of aromatic nitrogens is 4. The third-order valence-corrected chi connectivity index (χ3v) is 4.47. The van der Waals surface area contributed by atoms with Gasteiger partial charge in [0.05, 0.1) is 6.04 Å². The summed E-state index contributed by atoms with van der Waals surface area (Å²) in [5, 5.41) is 16.5. The Morgan fingerprint density at radius 3 is 2.90 bits per heavy atom. The van der Waals surface area contributed by atoms with Crippen molar-refractivity contribution >= 4 is 11.8 Å². The van der Waals surface area contributed by atoms with Crippen LogP contribution in [0.2, 0.25) is 0 Å². The molecule has 112 valence electrons. The smallest absolute Gasteiger partial charge is 0.214 e. The SMILES string of the molecule is CC(C)CNCc1ccccc1Sc1nnnn1C1CC1. The quantitative estimate of drug-likeness (QED) is 0.852. The standard InChI is InChI=1S/C15H21N5S/c1-11(2)9-16-10-12-5-3-4-6-14(12)21-15-17-18-19-20(15)13-7-8-13/h3-6,11,13,16H,7-10H2,1-2H3. The molecule has 1 aliphatic rings. The molecule has 0 aliphatic heterocycles. The van der Waals surface area contributed by atoms with Crippen LogP contribution in [0.3, 0.4) is 0 Å². The first-order valence-electron chi connectivity index (χ1n) is 7.48. The number of tetrazole rings is 1. The molecule has 0 saturated heterocycles. The molecule has 6 heteroatoms. The molecule has 0 atom stereocenters. The number of nitrogens with zero attached hydrogens (tertiary/aromatic N) is 4. The van der Waals surface area contributed by atoms with Gasteiger partial charge in [0.2, 0.25) is 5.16 Å². The van der Waals surface area contributed by atoms with Gasteiger partial charge in [-0.05, 0) is 59.1 Å². The molecule has 1 aromatic heterocycles. The minimum Gasteiger partial charge on any atom is -0.312 e. The Morgan fingerprint density at radius 1 is 1.33 bits per heavy atom. The molecular weight excluding hydrogens is 282 g/mol. The van der Waals surface area contributed by atoms with Crippen molar-refractivity contribution in [1.82, 2.24) is 25.5 Å². The zero-order valence-electron chi connectivity index (χ0n) is 12.5. The molecule has 0 radical (unpaired) electrons. The van der Waals surface area contributed by atoms with Gasteiger partial charge in [0, 0.05) is 11.4 Å². The van der Waals surface area contributed by atoms with Gasteiger partial charge in [0.1, 0.15) is 0 Å². The van der Waals surface area contributed by atoms with Crippen LogP contribution in [0.4, 0.5) is 0 Å². The minimum absolute atomic E-state index is 0.508. The Hall–Kier alpha value is -1.40. The summed E-state index contributed by atoms with van der Waals surface area (Å²) in [6.45, 7) is 6.35. The highest BCUT2D eigenvalue weighted by atomic mass is 32.2. The van der Waals surface area contributed by atoms with Gasteiger partial charge in [0.25, 0.3) is 0 Å². The molecule has 0 bridgehead atoms.